The second kappa shape index (κ2) is 7.40. The molecule has 0 saturated carbocycles. The predicted octanol–water partition coefficient (Wildman–Crippen LogP) is 5.02. The van der Waals surface area contributed by atoms with Crippen LogP contribution in [0.2, 0.25) is 5.02 Å². The molecule has 1 N–H and O–H groups in total. The average Bonchev–Trinajstić information content (AvgIpc) is 2.30. The van der Waals surface area contributed by atoms with E-state index in [0.717, 1.165) is 22.0 Å². The van der Waals surface area contributed by atoms with Crippen LogP contribution in [0.25, 0.3) is 0 Å². The molecule has 0 aliphatic heterocycles. The highest BCUT2D eigenvalue weighted by atomic mass is 79.9. The van der Waals surface area contributed by atoms with Crippen molar-refractivity contribution in [2.45, 2.75) is 46.2 Å². The fourth-order valence-corrected chi connectivity index (χ4v) is 2.24. The maximum absolute atomic E-state index is 6.06. The number of hydrogen-bond donors (Lipinski definition) is 1. The Morgan fingerprint density at radius 1 is 1.35 bits per heavy atom. The SMILES string of the molecule is CCC(C)CC(C)NCc1ccc(Br)c(Cl)c1. The highest BCUT2D eigenvalue weighted by Gasteiger charge is 2.07. The lowest BCUT2D eigenvalue weighted by Crippen LogP contribution is -2.27. The number of hydrogen-bond acceptors (Lipinski definition) is 1. The fourth-order valence-electron chi connectivity index (χ4n) is 1.80. The topological polar surface area (TPSA) is 12.0 Å². The molecule has 0 spiro atoms. The van der Waals surface area contributed by atoms with Gasteiger partial charge in [-0.1, -0.05) is 37.9 Å². The van der Waals surface area contributed by atoms with E-state index in [4.69, 9.17) is 11.6 Å². The molecule has 96 valence electrons. The van der Waals surface area contributed by atoms with Crippen LogP contribution >= 0.6 is 27.5 Å². The summed E-state index contributed by atoms with van der Waals surface area (Å²) in [4.78, 5) is 0. The van der Waals surface area contributed by atoms with Gasteiger partial charge in [-0.25, -0.2) is 0 Å². The molecule has 2 atom stereocenters. The van der Waals surface area contributed by atoms with Gasteiger partial charge in [-0.2, -0.15) is 0 Å². The van der Waals surface area contributed by atoms with E-state index in [1.54, 1.807) is 0 Å². The van der Waals surface area contributed by atoms with Crippen LogP contribution in [0.1, 0.15) is 39.2 Å². The summed E-state index contributed by atoms with van der Waals surface area (Å²) >= 11 is 9.46. The molecule has 1 rings (SSSR count). The summed E-state index contributed by atoms with van der Waals surface area (Å²) in [5.41, 5.74) is 1.23. The van der Waals surface area contributed by atoms with Gasteiger partial charge in [-0.3, -0.25) is 0 Å². The first-order valence-corrected chi connectivity index (χ1v) is 7.37. The molecule has 0 radical (unpaired) electrons. The van der Waals surface area contributed by atoms with Crippen LogP contribution in [0.3, 0.4) is 0 Å². The van der Waals surface area contributed by atoms with Crippen molar-refractivity contribution in [3.63, 3.8) is 0 Å². The molecule has 0 fully saturated rings. The van der Waals surface area contributed by atoms with E-state index in [0.29, 0.717) is 6.04 Å². The summed E-state index contributed by atoms with van der Waals surface area (Å²) in [6.07, 6.45) is 2.47. The first-order chi connectivity index (χ1) is 8.02. The Bertz CT molecular complexity index is 354. The van der Waals surface area contributed by atoms with Gasteiger partial charge in [0.2, 0.25) is 0 Å². The average molecular weight is 319 g/mol. The minimum Gasteiger partial charge on any atom is -0.310 e. The quantitative estimate of drug-likeness (QED) is 0.777. The maximum atomic E-state index is 6.06. The molecule has 1 nitrogen and oxygen atoms in total. The molecule has 0 saturated heterocycles. The highest BCUT2D eigenvalue weighted by Crippen LogP contribution is 2.23. The minimum absolute atomic E-state index is 0.548. The number of nitrogens with one attached hydrogen (secondary N) is 1. The van der Waals surface area contributed by atoms with Crippen LogP contribution in [0.5, 0.6) is 0 Å². The monoisotopic (exact) mass is 317 g/mol. The zero-order valence-corrected chi connectivity index (χ0v) is 13.1. The Hall–Kier alpha value is -0.0500. The molecular formula is C14H21BrClN. The molecule has 0 heterocycles. The normalized spacial score (nSPS) is 14.6. The van der Waals surface area contributed by atoms with Crippen molar-refractivity contribution in [2.75, 3.05) is 0 Å². The molecule has 0 amide bonds. The van der Waals surface area contributed by atoms with Crippen LogP contribution in [-0.2, 0) is 6.54 Å². The molecule has 0 aromatic heterocycles. The summed E-state index contributed by atoms with van der Waals surface area (Å²) < 4.78 is 0.954. The van der Waals surface area contributed by atoms with Crippen molar-refractivity contribution in [2.24, 2.45) is 5.92 Å². The van der Waals surface area contributed by atoms with Crippen molar-refractivity contribution >= 4 is 27.5 Å². The molecule has 3 heteroatoms. The summed E-state index contributed by atoms with van der Waals surface area (Å²) in [6.45, 7) is 7.66. The van der Waals surface area contributed by atoms with Gasteiger partial charge < -0.3 is 5.32 Å². The third kappa shape index (κ3) is 5.41. The first kappa shape index (κ1) is 15.0. The van der Waals surface area contributed by atoms with Gasteiger partial charge in [-0.15, -0.1) is 0 Å². The van der Waals surface area contributed by atoms with Crippen molar-refractivity contribution in [1.82, 2.24) is 5.32 Å². The lowest BCUT2D eigenvalue weighted by atomic mass is 10.0. The predicted molar refractivity (Wildman–Crippen MR) is 79.5 cm³/mol. The maximum Gasteiger partial charge on any atom is 0.0551 e. The third-order valence-electron chi connectivity index (χ3n) is 3.09. The summed E-state index contributed by atoms with van der Waals surface area (Å²) in [7, 11) is 0. The van der Waals surface area contributed by atoms with E-state index in [1.807, 2.05) is 12.1 Å². The van der Waals surface area contributed by atoms with Gasteiger partial charge in [0.15, 0.2) is 0 Å². The van der Waals surface area contributed by atoms with E-state index in [9.17, 15) is 0 Å². The van der Waals surface area contributed by atoms with Crippen LogP contribution in [0.4, 0.5) is 0 Å². The Morgan fingerprint density at radius 3 is 2.65 bits per heavy atom. The van der Waals surface area contributed by atoms with Crippen molar-refractivity contribution in [3.05, 3.63) is 33.3 Å². The van der Waals surface area contributed by atoms with Crippen molar-refractivity contribution < 1.29 is 0 Å². The van der Waals surface area contributed by atoms with Crippen LogP contribution < -0.4 is 5.32 Å². The smallest absolute Gasteiger partial charge is 0.0551 e. The van der Waals surface area contributed by atoms with E-state index in [2.05, 4.69) is 48.1 Å². The van der Waals surface area contributed by atoms with Crippen LogP contribution in [0.15, 0.2) is 22.7 Å². The lowest BCUT2D eigenvalue weighted by molar-refractivity contribution is 0.412. The highest BCUT2D eigenvalue weighted by molar-refractivity contribution is 9.10. The Balaban J connectivity index is 2.42. The number of rotatable bonds is 6. The molecule has 0 aliphatic carbocycles. The zero-order chi connectivity index (χ0) is 12.8. The van der Waals surface area contributed by atoms with Gasteiger partial charge in [0, 0.05) is 17.1 Å². The van der Waals surface area contributed by atoms with E-state index in [-0.39, 0.29) is 0 Å². The Labute approximate surface area is 118 Å². The third-order valence-corrected chi connectivity index (χ3v) is 4.32. The number of halogens is 2. The molecule has 1 aromatic rings. The van der Waals surface area contributed by atoms with Gasteiger partial charge in [0.25, 0.3) is 0 Å². The van der Waals surface area contributed by atoms with Gasteiger partial charge >= 0.3 is 0 Å². The fraction of sp³-hybridized carbons (Fsp3) is 0.571. The van der Waals surface area contributed by atoms with Gasteiger partial charge in [0.05, 0.1) is 5.02 Å². The van der Waals surface area contributed by atoms with E-state index < -0.39 is 0 Å². The van der Waals surface area contributed by atoms with E-state index in [1.165, 1.54) is 18.4 Å². The molecular weight excluding hydrogens is 298 g/mol. The van der Waals surface area contributed by atoms with Crippen molar-refractivity contribution in [1.29, 1.82) is 0 Å². The number of benzene rings is 1. The molecule has 17 heavy (non-hydrogen) atoms. The summed E-state index contributed by atoms with van der Waals surface area (Å²) in [5, 5.41) is 4.31. The molecule has 2 unspecified atom stereocenters. The minimum atomic E-state index is 0.548. The lowest BCUT2D eigenvalue weighted by Gasteiger charge is -2.17. The molecule has 0 aliphatic rings. The second-order valence-electron chi connectivity index (χ2n) is 4.78. The van der Waals surface area contributed by atoms with Gasteiger partial charge in [0.1, 0.15) is 0 Å². The standard InChI is InChI=1S/C14H21BrClN/c1-4-10(2)7-11(3)17-9-12-5-6-13(15)14(16)8-12/h5-6,8,10-11,17H,4,7,9H2,1-3H3. The molecule has 0 bridgehead atoms. The second-order valence-corrected chi connectivity index (χ2v) is 6.04. The first-order valence-electron chi connectivity index (χ1n) is 6.20. The largest absolute Gasteiger partial charge is 0.310 e. The Morgan fingerprint density at radius 2 is 2.06 bits per heavy atom. The summed E-state index contributed by atoms with van der Waals surface area (Å²) in [5.74, 6) is 0.783. The molecule has 1 aromatic carbocycles. The Kier molecular flexibility index (Phi) is 6.53. The van der Waals surface area contributed by atoms with Gasteiger partial charge in [-0.05, 0) is 52.9 Å². The van der Waals surface area contributed by atoms with Crippen molar-refractivity contribution in [3.8, 4) is 0 Å². The zero-order valence-electron chi connectivity index (χ0n) is 10.8. The van der Waals surface area contributed by atoms with Crippen LogP contribution in [0, 0.1) is 5.92 Å². The van der Waals surface area contributed by atoms with Crippen LogP contribution in [-0.4, -0.2) is 6.04 Å². The summed E-state index contributed by atoms with van der Waals surface area (Å²) in [6, 6.07) is 6.65. The van der Waals surface area contributed by atoms with E-state index >= 15 is 0 Å².